The van der Waals surface area contributed by atoms with Crippen molar-refractivity contribution in [2.24, 2.45) is 0 Å². The highest BCUT2D eigenvalue weighted by atomic mass is 32.2. The minimum Gasteiger partial charge on any atom is -0.341 e. The maximum Gasteiger partial charge on any atom is 0.252 e. The summed E-state index contributed by atoms with van der Waals surface area (Å²) in [5, 5.41) is 6.62. The molecular weight excluding hydrogens is 428 g/mol. The van der Waals surface area contributed by atoms with Gasteiger partial charge in [-0.25, -0.2) is 4.98 Å². The van der Waals surface area contributed by atoms with Crippen LogP contribution in [0.2, 0.25) is 0 Å². The number of pyridine rings is 1. The molecule has 0 atom stereocenters. The van der Waals surface area contributed by atoms with Gasteiger partial charge in [0, 0.05) is 39.7 Å². The van der Waals surface area contributed by atoms with Crippen LogP contribution in [-0.2, 0) is 5.54 Å². The molecule has 1 aliphatic carbocycles. The molecule has 0 aliphatic heterocycles. The van der Waals surface area contributed by atoms with E-state index in [0.29, 0.717) is 16.4 Å². The molecule has 8 heteroatoms. The summed E-state index contributed by atoms with van der Waals surface area (Å²) >= 11 is 3.27. The molecule has 31 heavy (non-hydrogen) atoms. The number of carbonyl (C=O) groups is 2. The third-order valence-electron chi connectivity index (χ3n) is 5.03. The Morgan fingerprint density at radius 2 is 1.84 bits per heavy atom. The lowest BCUT2D eigenvalue weighted by Crippen LogP contribution is -2.41. The van der Waals surface area contributed by atoms with E-state index < -0.39 is 5.54 Å². The highest BCUT2D eigenvalue weighted by molar-refractivity contribution is 8.01. The van der Waals surface area contributed by atoms with Gasteiger partial charge in [0.2, 0.25) is 0 Å². The Labute approximate surface area is 190 Å². The quantitative estimate of drug-likeness (QED) is 0.357. The van der Waals surface area contributed by atoms with E-state index >= 15 is 0 Å². The van der Waals surface area contributed by atoms with E-state index in [0.717, 1.165) is 22.0 Å². The molecule has 3 aromatic rings. The lowest BCUT2D eigenvalue weighted by molar-refractivity contribution is 0.0910. The number of hydrogen-bond donors (Lipinski definition) is 2. The number of Topliss-reactive ketones (excluding diaryl/α,β-unsaturated/α-hetero) is 1. The number of hydrogen-bond acceptors (Lipinski definition) is 7. The normalized spacial score (nSPS) is 13.6. The van der Waals surface area contributed by atoms with Gasteiger partial charge in [-0.3, -0.25) is 14.6 Å². The highest BCUT2D eigenvalue weighted by Crippen LogP contribution is 2.35. The molecule has 1 fully saturated rings. The zero-order chi connectivity index (χ0) is 22.0. The van der Waals surface area contributed by atoms with Gasteiger partial charge in [0.05, 0.1) is 11.2 Å². The van der Waals surface area contributed by atoms with Crippen molar-refractivity contribution in [2.45, 2.75) is 44.4 Å². The number of amides is 1. The first kappa shape index (κ1) is 21.5. The van der Waals surface area contributed by atoms with Gasteiger partial charge >= 0.3 is 0 Å². The molecule has 4 rings (SSSR count). The van der Waals surface area contributed by atoms with Crippen molar-refractivity contribution in [3.8, 4) is 11.1 Å². The van der Waals surface area contributed by atoms with Crippen LogP contribution in [0.1, 0.15) is 60.0 Å². The number of nitrogens with one attached hydrogen (secondary N) is 2. The summed E-state index contributed by atoms with van der Waals surface area (Å²) in [5.41, 5.74) is 3.09. The molecule has 1 aromatic carbocycles. The minimum atomic E-state index is -0.601. The third-order valence-corrected chi connectivity index (χ3v) is 7.04. The topological polar surface area (TPSA) is 84.0 Å². The first-order valence-electron chi connectivity index (χ1n) is 10.1. The van der Waals surface area contributed by atoms with Gasteiger partial charge in [0.1, 0.15) is 0 Å². The third kappa shape index (κ3) is 5.32. The zero-order valence-electron chi connectivity index (χ0n) is 17.6. The van der Waals surface area contributed by atoms with Crippen LogP contribution in [0.25, 0.3) is 11.1 Å². The molecule has 1 amide bonds. The van der Waals surface area contributed by atoms with Crippen molar-refractivity contribution in [2.75, 3.05) is 4.72 Å². The molecule has 0 saturated heterocycles. The van der Waals surface area contributed by atoms with Gasteiger partial charge < -0.3 is 10.0 Å². The van der Waals surface area contributed by atoms with E-state index in [2.05, 4.69) is 20.0 Å². The van der Waals surface area contributed by atoms with Crippen LogP contribution in [0.4, 0.5) is 5.13 Å². The Morgan fingerprint density at radius 1 is 1.10 bits per heavy atom. The number of carbonyl (C=O) groups excluding carboxylic acids is 2. The van der Waals surface area contributed by atoms with Crippen molar-refractivity contribution >= 4 is 40.1 Å². The van der Waals surface area contributed by atoms with E-state index in [9.17, 15) is 9.59 Å². The van der Waals surface area contributed by atoms with E-state index in [1.807, 2.05) is 37.4 Å². The predicted octanol–water partition coefficient (Wildman–Crippen LogP) is 5.30. The van der Waals surface area contributed by atoms with Crippen molar-refractivity contribution < 1.29 is 9.59 Å². The Morgan fingerprint density at radius 3 is 2.52 bits per heavy atom. The van der Waals surface area contributed by atoms with E-state index in [1.165, 1.54) is 19.8 Å². The molecule has 0 spiro atoms. The van der Waals surface area contributed by atoms with Crippen molar-refractivity contribution in [3.05, 3.63) is 64.9 Å². The monoisotopic (exact) mass is 452 g/mol. The van der Waals surface area contributed by atoms with Crippen molar-refractivity contribution in [3.63, 3.8) is 0 Å². The standard InChI is InChI=1S/C23H24N4O2S2/c1-14(28)17-10-18(12-24-11-17)15-4-6-16(7-5-15)21(29)26-23(2,3)20-13-30-22(25-20)27-31-19-8-9-19/h4-7,10-13,19H,8-9H2,1-3H3,(H,25,27)(H,26,29). The number of anilines is 1. The van der Waals surface area contributed by atoms with Gasteiger partial charge in [-0.15, -0.1) is 11.3 Å². The minimum absolute atomic E-state index is 0.0286. The highest BCUT2D eigenvalue weighted by Gasteiger charge is 2.27. The van der Waals surface area contributed by atoms with Crippen molar-refractivity contribution in [1.82, 2.24) is 15.3 Å². The van der Waals surface area contributed by atoms with Crippen LogP contribution in [0, 0.1) is 0 Å². The fraction of sp³-hybridized carbons (Fsp3) is 0.304. The lowest BCUT2D eigenvalue weighted by atomic mass is 10.00. The van der Waals surface area contributed by atoms with Crippen LogP contribution in [0.5, 0.6) is 0 Å². The van der Waals surface area contributed by atoms with Crippen LogP contribution in [-0.4, -0.2) is 26.9 Å². The summed E-state index contributed by atoms with van der Waals surface area (Å²) in [6, 6.07) is 9.09. The summed E-state index contributed by atoms with van der Waals surface area (Å²) in [7, 11) is 0. The Balaban J connectivity index is 1.43. The average Bonchev–Trinajstić information content (AvgIpc) is 3.46. The number of thiazole rings is 1. The summed E-state index contributed by atoms with van der Waals surface area (Å²) in [6.07, 6.45) is 5.78. The number of benzene rings is 1. The Hall–Kier alpha value is -2.71. The Kier molecular flexibility index (Phi) is 6.11. The first-order valence-corrected chi connectivity index (χ1v) is 11.8. The van der Waals surface area contributed by atoms with E-state index in [4.69, 9.17) is 0 Å². The molecule has 1 saturated carbocycles. The van der Waals surface area contributed by atoms with Crippen LogP contribution >= 0.6 is 23.3 Å². The SMILES string of the molecule is CC(=O)c1cncc(-c2ccc(C(=O)NC(C)(C)c3csc(NSC4CC4)n3)cc2)c1. The molecular formula is C23H24N4O2S2. The molecule has 0 unspecified atom stereocenters. The molecule has 6 nitrogen and oxygen atoms in total. The second-order valence-corrected chi connectivity index (χ2v) is 10.1. The molecule has 160 valence electrons. The van der Waals surface area contributed by atoms with Gasteiger partial charge in [0.15, 0.2) is 10.9 Å². The van der Waals surface area contributed by atoms with Gasteiger partial charge in [-0.1, -0.05) is 12.1 Å². The zero-order valence-corrected chi connectivity index (χ0v) is 19.3. The second-order valence-electron chi connectivity index (χ2n) is 8.13. The fourth-order valence-electron chi connectivity index (χ4n) is 2.95. The molecule has 2 heterocycles. The number of ketones is 1. The summed E-state index contributed by atoms with van der Waals surface area (Å²) in [5.74, 6) is -0.193. The van der Waals surface area contributed by atoms with Crippen LogP contribution in [0.15, 0.2) is 48.1 Å². The lowest BCUT2D eigenvalue weighted by Gasteiger charge is -2.24. The molecule has 1 aliphatic rings. The number of aromatic nitrogens is 2. The second kappa shape index (κ2) is 8.80. The van der Waals surface area contributed by atoms with Crippen molar-refractivity contribution in [1.29, 1.82) is 0 Å². The summed E-state index contributed by atoms with van der Waals surface area (Å²) < 4.78 is 3.30. The van der Waals surface area contributed by atoms with Crippen LogP contribution in [0.3, 0.4) is 0 Å². The van der Waals surface area contributed by atoms with Gasteiger partial charge in [-0.05, 0) is 69.3 Å². The maximum absolute atomic E-state index is 12.8. The molecule has 2 aromatic heterocycles. The summed E-state index contributed by atoms with van der Waals surface area (Å²) in [6.45, 7) is 5.42. The van der Waals surface area contributed by atoms with E-state index in [1.54, 1.807) is 47.8 Å². The summed E-state index contributed by atoms with van der Waals surface area (Å²) in [4.78, 5) is 33.2. The van der Waals surface area contributed by atoms with Gasteiger partial charge in [-0.2, -0.15) is 0 Å². The van der Waals surface area contributed by atoms with Gasteiger partial charge in [0.25, 0.3) is 5.91 Å². The number of nitrogens with zero attached hydrogens (tertiary/aromatic N) is 2. The largest absolute Gasteiger partial charge is 0.341 e. The molecule has 0 radical (unpaired) electrons. The Bertz CT molecular complexity index is 1100. The molecule has 0 bridgehead atoms. The van der Waals surface area contributed by atoms with Crippen LogP contribution < -0.4 is 10.0 Å². The maximum atomic E-state index is 12.8. The van der Waals surface area contributed by atoms with E-state index in [-0.39, 0.29) is 11.7 Å². The smallest absolute Gasteiger partial charge is 0.252 e. The fourth-order valence-corrected chi connectivity index (χ4v) is 4.70. The average molecular weight is 453 g/mol. The predicted molar refractivity (Wildman–Crippen MR) is 127 cm³/mol. The molecule has 2 N–H and O–H groups in total. The first-order chi connectivity index (χ1) is 14.8. The number of rotatable bonds is 8.